The highest BCUT2D eigenvalue weighted by atomic mass is 32.2. The molecule has 9 heteroatoms. The van der Waals surface area contributed by atoms with Crippen LogP contribution in [0.4, 0.5) is 11.4 Å². The highest BCUT2D eigenvalue weighted by Crippen LogP contribution is 2.38. The first kappa shape index (κ1) is 20.9. The van der Waals surface area contributed by atoms with Crippen LogP contribution >= 0.6 is 11.8 Å². The van der Waals surface area contributed by atoms with Gasteiger partial charge in [0.2, 0.25) is 15.9 Å². The molecule has 2 aliphatic rings. The molecule has 0 bridgehead atoms. The van der Waals surface area contributed by atoms with Crippen LogP contribution in [-0.4, -0.2) is 50.3 Å². The Bertz CT molecular complexity index is 1020. The first-order chi connectivity index (χ1) is 14.3. The van der Waals surface area contributed by atoms with Crippen molar-refractivity contribution in [3.8, 4) is 11.5 Å². The van der Waals surface area contributed by atoms with E-state index in [1.807, 2.05) is 11.8 Å². The minimum atomic E-state index is -3.89. The van der Waals surface area contributed by atoms with E-state index in [9.17, 15) is 13.2 Å². The number of thioether (sulfide) groups is 1. The topological polar surface area (TPSA) is 84.9 Å². The quantitative estimate of drug-likeness (QED) is 0.731. The minimum absolute atomic E-state index is 0.202. The van der Waals surface area contributed by atoms with Crippen molar-refractivity contribution in [2.45, 2.75) is 24.2 Å². The number of hydrogen-bond donors (Lipinski definition) is 1. The number of carbonyl (C=O) groups excluding carboxylic acids is 1. The Kier molecular flexibility index (Phi) is 5.59. The molecule has 0 unspecified atom stereocenters. The molecule has 0 spiro atoms. The van der Waals surface area contributed by atoms with Crippen LogP contribution in [0.2, 0.25) is 0 Å². The number of benzene rings is 2. The van der Waals surface area contributed by atoms with Gasteiger partial charge in [-0.3, -0.25) is 9.10 Å². The van der Waals surface area contributed by atoms with Crippen molar-refractivity contribution in [1.82, 2.24) is 0 Å². The summed E-state index contributed by atoms with van der Waals surface area (Å²) in [6.07, 6.45) is 0.440. The van der Waals surface area contributed by atoms with Gasteiger partial charge >= 0.3 is 0 Å². The summed E-state index contributed by atoms with van der Waals surface area (Å²) in [5.41, 5.74) is 1.05. The largest absolute Gasteiger partial charge is 0.497 e. The molecular weight excluding hydrogens is 424 g/mol. The molecule has 2 aliphatic heterocycles. The Labute approximate surface area is 180 Å². The predicted octanol–water partition coefficient (Wildman–Crippen LogP) is 3.13. The fraction of sp³-hybridized carbons (Fsp3) is 0.381. The van der Waals surface area contributed by atoms with Crippen molar-refractivity contribution in [2.24, 2.45) is 0 Å². The van der Waals surface area contributed by atoms with Crippen LogP contribution < -0.4 is 19.1 Å². The molecule has 0 aromatic heterocycles. The summed E-state index contributed by atoms with van der Waals surface area (Å²) in [6.45, 7) is 1.72. The van der Waals surface area contributed by atoms with Gasteiger partial charge in [0.05, 0.1) is 12.8 Å². The van der Waals surface area contributed by atoms with Crippen molar-refractivity contribution in [3.05, 3.63) is 48.5 Å². The van der Waals surface area contributed by atoms with E-state index < -0.39 is 20.7 Å². The summed E-state index contributed by atoms with van der Waals surface area (Å²) in [5.74, 6) is 2.81. The molecule has 1 amide bonds. The lowest BCUT2D eigenvalue weighted by Crippen LogP contribution is -2.47. The highest BCUT2D eigenvalue weighted by Gasteiger charge is 2.54. The molecule has 2 saturated heterocycles. The van der Waals surface area contributed by atoms with Gasteiger partial charge in [-0.1, -0.05) is 0 Å². The number of carbonyl (C=O) groups is 1. The summed E-state index contributed by atoms with van der Waals surface area (Å²) in [5, 5.41) is 2.75. The molecule has 2 aromatic rings. The molecule has 2 aromatic carbocycles. The zero-order valence-electron chi connectivity index (χ0n) is 16.8. The maximum Gasteiger partial charge on any atom is 0.249 e. The molecule has 1 atom stereocenters. The van der Waals surface area contributed by atoms with Gasteiger partial charge in [0.15, 0.2) is 4.75 Å². The molecular formula is C21H24N2O5S2. The number of amides is 1. The molecule has 2 heterocycles. The molecule has 7 nitrogen and oxygen atoms in total. The average Bonchev–Trinajstić information content (AvgIpc) is 2.96. The number of ether oxygens (including phenoxy) is 2. The number of hydrogen-bond acceptors (Lipinski definition) is 6. The Morgan fingerprint density at radius 1 is 1.10 bits per heavy atom. The van der Waals surface area contributed by atoms with E-state index in [0.717, 1.165) is 17.3 Å². The third kappa shape index (κ3) is 3.72. The SMILES string of the molecule is COc1ccc(N2CC[C@](C)(C(=O)Nc3ccc(OC4CSC4)cc3)S2(=O)=O)cc1. The smallest absolute Gasteiger partial charge is 0.249 e. The average molecular weight is 449 g/mol. The van der Waals surface area contributed by atoms with E-state index >= 15 is 0 Å². The van der Waals surface area contributed by atoms with Gasteiger partial charge in [0.25, 0.3) is 0 Å². The molecule has 2 fully saturated rings. The van der Waals surface area contributed by atoms with Crippen LogP contribution in [0.5, 0.6) is 11.5 Å². The lowest BCUT2D eigenvalue weighted by molar-refractivity contribution is -0.118. The Hall–Kier alpha value is -2.39. The van der Waals surface area contributed by atoms with Crippen molar-refractivity contribution >= 4 is 39.1 Å². The maximum absolute atomic E-state index is 13.2. The van der Waals surface area contributed by atoms with Crippen LogP contribution in [-0.2, 0) is 14.8 Å². The lowest BCUT2D eigenvalue weighted by atomic mass is 10.1. The Morgan fingerprint density at radius 3 is 2.30 bits per heavy atom. The summed E-state index contributed by atoms with van der Waals surface area (Å²) in [6, 6.07) is 13.8. The molecule has 160 valence electrons. The summed E-state index contributed by atoms with van der Waals surface area (Å²) in [4.78, 5) is 13.0. The number of anilines is 2. The second-order valence-corrected chi connectivity index (χ2v) is 10.9. The van der Waals surface area contributed by atoms with Crippen LogP contribution in [0, 0.1) is 0 Å². The van der Waals surface area contributed by atoms with Gasteiger partial charge in [-0.2, -0.15) is 11.8 Å². The highest BCUT2D eigenvalue weighted by molar-refractivity contribution is 8.00. The van der Waals surface area contributed by atoms with Gasteiger partial charge in [0.1, 0.15) is 17.6 Å². The van der Waals surface area contributed by atoms with Crippen LogP contribution in [0.3, 0.4) is 0 Å². The predicted molar refractivity (Wildman–Crippen MR) is 119 cm³/mol. The van der Waals surface area contributed by atoms with Gasteiger partial charge in [-0.15, -0.1) is 0 Å². The van der Waals surface area contributed by atoms with E-state index in [4.69, 9.17) is 9.47 Å². The monoisotopic (exact) mass is 448 g/mol. The molecule has 4 rings (SSSR count). The van der Waals surface area contributed by atoms with Gasteiger partial charge in [-0.05, 0) is 61.9 Å². The number of nitrogens with one attached hydrogen (secondary N) is 1. The van der Waals surface area contributed by atoms with Crippen molar-refractivity contribution in [3.63, 3.8) is 0 Å². The fourth-order valence-corrected chi connectivity index (χ4v) is 5.83. The summed E-state index contributed by atoms with van der Waals surface area (Å²) in [7, 11) is -2.34. The van der Waals surface area contributed by atoms with Gasteiger partial charge in [0, 0.05) is 23.7 Å². The van der Waals surface area contributed by atoms with Crippen molar-refractivity contribution < 1.29 is 22.7 Å². The van der Waals surface area contributed by atoms with E-state index in [2.05, 4.69) is 5.32 Å². The first-order valence-electron chi connectivity index (χ1n) is 9.66. The maximum atomic E-state index is 13.2. The molecule has 30 heavy (non-hydrogen) atoms. The Balaban J connectivity index is 1.47. The van der Waals surface area contributed by atoms with Gasteiger partial charge < -0.3 is 14.8 Å². The summed E-state index contributed by atoms with van der Waals surface area (Å²) < 4.78 is 37.1. The van der Waals surface area contributed by atoms with Crippen LogP contribution in [0.15, 0.2) is 48.5 Å². The third-order valence-corrected chi connectivity index (χ3v) is 9.23. The zero-order valence-corrected chi connectivity index (χ0v) is 18.5. The number of sulfonamides is 1. The molecule has 0 radical (unpaired) electrons. The number of methoxy groups -OCH3 is 1. The van der Waals surface area contributed by atoms with E-state index in [1.165, 1.54) is 11.2 Å². The lowest BCUT2D eigenvalue weighted by Gasteiger charge is -2.26. The standard InChI is InChI=1S/C21H24N2O5S2/c1-21(11-12-23(30(21,25)26)16-5-9-17(27-2)10-6-16)20(24)22-15-3-7-18(8-4-15)28-19-13-29-14-19/h3-10,19H,11-14H2,1-2H3,(H,22,24)/t21-/m1/s1. The second kappa shape index (κ2) is 8.03. The van der Waals surface area contributed by atoms with Crippen molar-refractivity contribution in [1.29, 1.82) is 0 Å². The second-order valence-electron chi connectivity index (χ2n) is 7.51. The molecule has 1 N–H and O–H groups in total. The van der Waals surface area contributed by atoms with E-state index in [1.54, 1.807) is 55.6 Å². The normalized spacial score (nSPS) is 22.9. The van der Waals surface area contributed by atoms with Crippen LogP contribution in [0.25, 0.3) is 0 Å². The van der Waals surface area contributed by atoms with E-state index in [-0.39, 0.29) is 19.1 Å². The van der Waals surface area contributed by atoms with Crippen LogP contribution in [0.1, 0.15) is 13.3 Å². The third-order valence-electron chi connectivity index (χ3n) is 5.51. The fourth-order valence-electron chi connectivity index (χ4n) is 3.41. The Morgan fingerprint density at radius 2 is 1.73 bits per heavy atom. The van der Waals surface area contributed by atoms with E-state index in [0.29, 0.717) is 17.1 Å². The summed E-state index contributed by atoms with van der Waals surface area (Å²) >= 11 is 1.84. The minimum Gasteiger partial charge on any atom is -0.497 e. The van der Waals surface area contributed by atoms with Gasteiger partial charge in [-0.25, -0.2) is 8.42 Å². The number of rotatable bonds is 6. The first-order valence-corrected chi connectivity index (χ1v) is 12.3. The van der Waals surface area contributed by atoms with Crippen molar-refractivity contribution in [2.75, 3.05) is 34.8 Å². The zero-order chi connectivity index (χ0) is 21.4. The molecule has 0 saturated carbocycles. The number of nitrogens with zero attached hydrogens (tertiary/aromatic N) is 1. The molecule has 0 aliphatic carbocycles.